The van der Waals surface area contributed by atoms with Gasteiger partial charge < -0.3 is 10.2 Å². The van der Waals surface area contributed by atoms with Gasteiger partial charge in [0, 0.05) is 30.9 Å². The van der Waals surface area contributed by atoms with Crippen LogP contribution in [0, 0.1) is 0 Å². The highest BCUT2D eigenvalue weighted by atomic mass is 79.9. The Kier molecular flexibility index (Phi) is 11.7. The largest absolute Gasteiger partial charge is 0.507 e. The Bertz CT molecular complexity index is 1220. The molecule has 0 aliphatic heterocycles. The second-order valence-electron chi connectivity index (χ2n) is 7.24. The summed E-state index contributed by atoms with van der Waals surface area (Å²) < 4.78 is 1.11. The first kappa shape index (κ1) is 28.3. The van der Waals surface area contributed by atoms with Gasteiger partial charge >= 0.3 is 0 Å². The topological polar surface area (TPSA) is 116 Å². The molecule has 5 rings (SSSR count). The zero-order valence-corrected chi connectivity index (χ0v) is 23.1. The molecule has 0 bridgehead atoms. The summed E-state index contributed by atoms with van der Waals surface area (Å²) in [7, 11) is 0. The summed E-state index contributed by atoms with van der Waals surface area (Å²) in [6.07, 6.45) is 6.78. The van der Waals surface area contributed by atoms with Gasteiger partial charge in [0.05, 0.1) is 31.7 Å². The maximum absolute atomic E-state index is 9.00. The van der Waals surface area contributed by atoms with E-state index in [1.54, 1.807) is 30.9 Å². The Morgan fingerprint density at radius 2 is 0.763 bits per heavy atom. The minimum absolute atomic E-state index is 0.0284. The minimum atomic E-state index is 0.0284. The van der Waals surface area contributed by atoms with Crippen molar-refractivity contribution >= 4 is 54.6 Å². The number of rotatable bonds is 4. The number of nitrogens with zero attached hydrogens (tertiary/aromatic N) is 6. The smallest absolute Gasteiger partial charge is 0.133 e. The zero-order valence-electron chi connectivity index (χ0n) is 19.9. The van der Waals surface area contributed by atoms with Crippen LogP contribution in [0.5, 0.6) is 11.5 Å². The SMILES string of the molecule is Oc1cc(O)c(Br)cc1Br.c1ccc(N=Nc2ccncc2)cc1.c1ccc(N=Nc2ccncc2)cc1. The molecule has 2 heterocycles. The van der Waals surface area contributed by atoms with E-state index in [1.807, 2.05) is 84.9 Å². The average molecular weight is 634 g/mol. The van der Waals surface area contributed by atoms with Crippen molar-refractivity contribution in [1.82, 2.24) is 9.97 Å². The molecule has 0 radical (unpaired) electrons. The standard InChI is InChI=1S/2C11H9N3.C6H4Br2O2/c2*1-2-4-10(5-3-1)13-14-11-6-8-12-9-7-11;7-3-1-4(8)6(10)2-5(3)9/h2*1-9H;1-2,9-10H. The molecule has 0 fully saturated rings. The Hall–Kier alpha value is -4.28. The predicted octanol–water partition coefficient (Wildman–Crippen LogP) is 9.62. The fourth-order valence-corrected chi connectivity index (χ4v) is 3.56. The lowest BCUT2D eigenvalue weighted by atomic mass is 10.3. The zero-order chi connectivity index (χ0) is 27.0. The number of hydrogen-bond donors (Lipinski definition) is 2. The van der Waals surface area contributed by atoms with Gasteiger partial charge in [-0.1, -0.05) is 36.4 Å². The van der Waals surface area contributed by atoms with Gasteiger partial charge in [-0.2, -0.15) is 20.5 Å². The van der Waals surface area contributed by atoms with Crippen LogP contribution in [-0.4, -0.2) is 20.2 Å². The minimum Gasteiger partial charge on any atom is -0.507 e. The van der Waals surface area contributed by atoms with Gasteiger partial charge in [-0.05, 0) is 86.5 Å². The maximum atomic E-state index is 9.00. The maximum Gasteiger partial charge on any atom is 0.133 e. The van der Waals surface area contributed by atoms with Crippen LogP contribution in [0.2, 0.25) is 0 Å². The first-order chi connectivity index (χ1) is 18.5. The summed E-state index contributed by atoms with van der Waals surface area (Å²) in [5.74, 6) is 0.0569. The van der Waals surface area contributed by atoms with Crippen LogP contribution in [0.25, 0.3) is 0 Å². The second-order valence-corrected chi connectivity index (χ2v) is 8.95. The number of azo groups is 2. The molecule has 8 nitrogen and oxygen atoms in total. The molecular weight excluding hydrogens is 612 g/mol. The van der Waals surface area contributed by atoms with Gasteiger partial charge in [0.25, 0.3) is 0 Å². The Morgan fingerprint density at radius 1 is 0.447 bits per heavy atom. The van der Waals surface area contributed by atoms with Crippen LogP contribution < -0.4 is 0 Å². The number of aromatic hydroxyl groups is 2. The van der Waals surface area contributed by atoms with E-state index in [-0.39, 0.29) is 11.5 Å². The molecule has 2 N–H and O–H groups in total. The third-order valence-electron chi connectivity index (χ3n) is 4.42. The number of pyridine rings is 2. The average Bonchev–Trinajstić information content (AvgIpc) is 2.97. The molecule has 2 aromatic heterocycles. The second kappa shape index (κ2) is 15.7. The summed E-state index contributed by atoms with van der Waals surface area (Å²) in [5.41, 5.74) is 3.32. The van der Waals surface area contributed by atoms with Gasteiger partial charge in [-0.25, -0.2) is 0 Å². The molecule has 3 aromatic carbocycles. The first-order valence-corrected chi connectivity index (χ1v) is 12.7. The number of aromatic nitrogens is 2. The highest BCUT2D eigenvalue weighted by molar-refractivity contribution is 9.11. The van der Waals surface area contributed by atoms with E-state index < -0.39 is 0 Å². The molecule has 190 valence electrons. The third kappa shape index (κ3) is 10.4. The molecule has 0 aliphatic carbocycles. The van der Waals surface area contributed by atoms with Crippen molar-refractivity contribution in [2.45, 2.75) is 0 Å². The predicted molar refractivity (Wildman–Crippen MR) is 155 cm³/mol. The van der Waals surface area contributed by atoms with Crippen molar-refractivity contribution in [3.63, 3.8) is 0 Å². The van der Waals surface area contributed by atoms with Gasteiger partial charge in [0.2, 0.25) is 0 Å². The van der Waals surface area contributed by atoms with E-state index in [0.29, 0.717) is 8.95 Å². The Labute approximate surface area is 236 Å². The van der Waals surface area contributed by atoms with Crippen molar-refractivity contribution in [3.8, 4) is 11.5 Å². The number of benzene rings is 3. The summed E-state index contributed by atoms with van der Waals surface area (Å²) in [6.45, 7) is 0. The quantitative estimate of drug-likeness (QED) is 0.192. The highest BCUT2D eigenvalue weighted by Crippen LogP contribution is 2.34. The molecule has 5 aromatic rings. The molecule has 10 heteroatoms. The molecule has 0 saturated heterocycles. The van der Waals surface area contributed by atoms with E-state index in [1.165, 1.54) is 6.07 Å². The lowest BCUT2D eigenvalue weighted by molar-refractivity contribution is 0.446. The van der Waals surface area contributed by atoms with E-state index in [2.05, 4.69) is 62.3 Å². The Balaban J connectivity index is 0.000000161. The summed E-state index contributed by atoms with van der Waals surface area (Å²) in [5, 5.41) is 34.3. The lowest BCUT2D eigenvalue weighted by Crippen LogP contribution is -1.71. The summed E-state index contributed by atoms with van der Waals surface area (Å²) in [4.78, 5) is 7.80. The lowest BCUT2D eigenvalue weighted by Gasteiger charge is -1.99. The van der Waals surface area contributed by atoms with Crippen LogP contribution in [0.15, 0.2) is 151 Å². The van der Waals surface area contributed by atoms with Crippen molar-refractivity contribution in [1.29, 1.82) is 0 Å². The van der Waals surface area contributed by atoms with E-state index in [9.17, 15) is 0 Å². The van der Waals surface area contributed by atoms with Crippen molar-refractivity contribution in [2.75, 3.05) is 0 Å². The molecular formula is C28H22Br2N6O2. The van der Waals surface area contributed by atoms with E-state index in [4.69, 9.17) is 10.2 Å². The van der Waals surface area contributed by atoms with Crippen LogP contribution in [0.3, 0.4) is 0 Å². The van der Waals surface area contributed by atoms with Gasteiger partial charge in [-0.3, -0.25) is 9.97 Å². The molecule has 0 saturated carbocycles. The van der Waals surface area contributed by atoms with E-state index >= 15 is 0 Å². The van der Waals surface area contributed by atoms with Crippen molar-refractivity contribution in [3.05, 3.63) is 131 Å². The normalized spacial score (nSPS) is 10.4. The van der Waals surface area contributed by atoms with Crippen LogP contribution in [0.1, 0.15) is 0 Å². The fourth-order valence-electron chi connectivity index (χ4n) is 2.57. The molecule has 0 aliphatic rings. The first-order valence-electron chi connectivity index (χ1n) is 11.1. The summed E-state index contributed by atoms with van der Waals surface area (Å²) in [6, 6.07) is 29.3. The fraction of sp³-hybridized carbons (Fsp3) is 0. The molecule has 0 spiro atoms. The van der Waals surface area contributed by atoms with Gasteiger partial charge in [0.1, 0.15) is 11.5 Å². The monoisotopic (exact) mass is 632 g/mol. The van der Waals surface area contributed by atoms with Crippen molar-refractivity contribution < 1.29 is 10.2 Å². The van der Waals surface area contributed by atoms with Gasteiger partial charge in [0.15, 0.2) is 0 Å². The summed E-state index contributed by atoms with van der Waals surface area (Å²) >= 11 is 6.18. The van der Waals surface area contributed by atoms with Crippen LogP contribution >= 0.6 is 31.9 Å². The number of hydrogen-bond acceptors (Lipinski definition) is 8. The number of phenolic OH excluding ortho intramolecular Hbond substituents is 2. The number of halogens is 2. The molecule has 0 unspecified atom stereocenters. The highest BCUT2D eigenvalue weighted by Gasteiger charge is 2.02. The van der Waals surface area contributed by atoms with E-state index in [0.717, 1.165) is 22.7 Å². The third-order valence-corrected chi connectivity index (χ3v) is 5.69. The van der Waals surface area contributed by atoms with Crippen molar-refractivity contribution in [2.24, 2.45) is 20.5 Å². The van der Waals surface area contributed by atoms with Crippen LogP contribution in [-0.2, 0) is 0 Å². The number of phenols is 2. The Morgan fingerprint density at radius 3 is 1.08 bits per heavy atom. The molecule has 0 atom stereocenters. The van der Waals surface area contributed by atoms with Crippen LogP contribution in [0.4, 0.5) is 22.7 Å². The van der Waals surface area contributed by atoms with Gasteiger partial charge in [-0.15, -0.1) is 0 Å². The molecule has 0 amide bonds. The molecule has 38 heavy (non-hydrogen) atoms.